The maximum Gasteiger partial charge on any atom is 0.229 e. The van der Waals surface area contributed by atoms with E-state index in [2.05, 4.69) is 56.7 Å². The molecule has 2 atom stereocenters. The van der Waals surface area contributed by atoms with Crippen LogP contribution in [0, 0.1) is 4.78 Å². The van der Waals surface area contributed by atoms with Gasteiger partial charge in [0.2, 0.25) is 5.95 Å². The SMILES string of the molecule is C[C@H]1CN(c2ccc(Nc3ncc4ccn(Cc5cccnc5N(C)S(C)(=N)=O)c4n3)cc2)CCN1. The Morgan fingerprint density at radius 3 is 2.78 bits per heavy atom. The van der Waals surface area contributed by atoms with Crippen LogP contribution in [-0.2, 0) is 16.5 Å². The molecule has 0 saturated carbocycles. The number of fused-ring (bicyclic) bond motifs is 1. The van der Waals surface area contributed by atoms with Crippen LogP contribution in [0.3, 0.4) is 0 Å². The smallest absolute Gasteiger partial charge is 0.229 e. The van der Waals surface area contributed by atoms with E-state index in [1.807, 2.05) is 29.0 Å². The maximum atomic E-state index is 12.3. The van der Waals surface area contributed by atoms with Gasteiger partial charge in [-0.3, -0.25) is 4.31 Å². The first-order valence-electron chi connectivity index (χ1n) is 11.9. The summed E-state index contributed by atoms with van der Waals surface area (Å²) in [6, 6.07) is 14.6. The Bertz CT molecular complexity index is 1470. The molecule has 1 fully saturated rings. The average molecular weight is 506 g/mol. The van der Waals surface area contributed by atoms with Crippen molar-refractivity contribution in [1.82, 2.24) is 24.8 Å². The number of aromatic nitrogens is 4. The van der Waals surface area contributed by atoms with Gasteiger partial charge >= 0.3 is 0 Å². The Morgan fingerprint density at radius 1 is 1.22 bits per heavy atom. The molecule has 5 rings (SSSR count). The van der Waals surface area contributed by atoms with Gasteiger partial charge < -0.3 is 20.1 Å². The highest BCUT2D eigenvalue weighted by Crippen LogP contribution is 2.24. The van der Waals surface area contributed by atoms with Crippen molar-refractivity contribution in [2.24, 2.45) is 0 Å². The third-order valence-electron chi connectivity index (χ3n) is 6.39. The first-order chi connectivity index (χ1) is 17.3. The number of pyridine rings is 1. The summed E-state index contributed by atoms with van der Waals surface area (Å²) in [5.41, 5.74) is 3.76. The molecular weight excluding hydrogens is 474 g/mol. The Balaban J connectivity index is 1.36. The van der Waals surface area contributed by atoms with Gasteiger partial charge in [0.25, 0.3) is 0 Å². The molecule has 4 aromatic rings. The monoisotopic (exact) mass is 505 g/mol. The highest BCUT2D eigenvalue weighted by molar-refractivity contribution is 7.93. The van der Waals surface area contributed by atoms with Gasteiger partial charge in [-0.05, 0) is 43.3 Å². The van der Waals surface area contributed by atoms with Crippen LogP contribution < -0.4 is 19.8 Å². The number of hydrogen-bond donors (Lipinski definition) is 3. The van der Waals surface area contributed by atoms with Gasteiger partial charge in [-0.15, -0.1) is 0 Å². The molecule has 1 aromatic carbocycles. The van der Waals surface area contributed by atoms with Gasteiger partial charge in [-0.2, -0.15) is 4.98 Å². The Labute approximate surface area is 211 Å². The van der Waals surface area contributed by atoms with E-state index in [4.69, 9.17) is 9.76 Å². The van der Waals surface area contributed by atoms with E-state index in [0.717, 1.165) is 41.9 Å². The van der Waals surface area contributed by atoms with Crippen LogP contribution in [0.1, 0.15) is 12.5 Å². The molecule has 10 nitrogen and oxygen atoms in total. The summed E-state index contributed by atoms with van der Waals surface area (Å²) in [6.07, 6.45) is 6.79. The molecule has 4 heterocycles. The largest absolute Gasteiger partial charge is 0.369 e. The van der Waals surface area contributed by atoms with Crippen molar-refractivity contribution in [3.8, 4) is 0 Å². The fourth-order valence-electron chi connectivity index (χ4n) is 4.40. The molecule has 1 unspecified atom stereocenters. The summed E-state index contributed by atoms with van der Waals surface area (Å²) in [4.78, 5) is 16.0. The maximum absolute atomic E-state index is 12.3. The summed E-state index contributed by atoms with van der Waals surface area (Å²) < 4.78 is 23.7. The molecule has 0 amide bonds. The second kappa shape index (κ2) is 9.75. The van der Waals surface area contributed by atoms with Crippen molar-refractivity contribution in [2.75, 3.05) is 47.5 Å². The van der Waals surface area contributed by atoms with Gasteiger partial charge in [0.15, 0.2) is 0 Å². The van der Waals surface area contributed by atoms with Crippen LogP contribution in [0.5, 0.6) is 0 Å². The van der Waals surface area contributed by atoms with E-state index in [-0.39, 0.29) is 0 Å². The van der Waals surface area contributed by atoms with Crippen LogP contribution >= 0.6 is 0 Å². The predicted molar refractivity (Wildman–Crippen MR) is 145 cm³/mol. The van der Waals surface area contributed by atoms with Crippen molar-refractivity contribution in [3.05, 3.63) is 66.6 Å². The Hall–Kier alpha value is -3.70. The summed E-state index contributed by atoms with van der Waals surface area (Å²) in [6.45, 7) is 5.66. The van der Waals surface area contributed by atoms with Crippen LogP contribution in [0.4, 0.5) is 23.1 Å². The van der Waals surface area contributed by atoms with Gasteiger partial charge in [0, 0.05) is 79.9 Å². The van der Waals surface area contributed by atoms with Gasteiger partial charge in [0.1, 0.15) is 21.4 Å². The van der Waals surface area contributed by atoms with E-state index < -0.39 is 9.92 Å². The van der Waals surface area contributed by atoms with Gasteiger partial charge in [0.05, 0.1) is 6.54 Å². The van der Waals surface area contributed by atoms with Crippen molar-refractivity contribution >= 4 is 44.1 Å². The molecule has 11 heteroatoms. The van der Waals surface area contributed by atoms with E-state index >= 15 is 0 Å². The standard InChI is InChI=1S/C25H31N9OS/c1-18-16-33(14-12-27-18)22-8-6-21(7-9-22)30-25-29-15-19-10-13-34(24(19)31-25)17-20-5-4-11-28-23(20)32(2)36(3,26)35/h4-11,13,15,18,26-27H,12,14,16-17H2,1-3H3,(H,29,30,31)/t18-,36?/m0/s1. The fourth-order valence-corrected chi connectivity index (χ4v) is 4.89. The second-order valence-electron chi connectivity index (χ2n) is 9.18. The highest BCUT2D eigenvalue weighted by Gasteiger charge is 2.17. The highest BCUT2D eigenvalue weighted by atomic mass is 32.2. The molecule has 1 saturated heterocycles. The number of nitrogens with zero attached hydrogens (tertiary/aromatic N) is 6. The normalized spacial score (nSPS) is 17.6. The molecule has 0 spiro atoms. The fraction of sp³-hybridized carbons (Fsp3) is 0.320. The predicted octanol–water partition coefficient (Wildman–Crippen LogP) is 3.44. The molecule has 0 radical (unpaired) electrons. The van der Waals surface area contributed by atoms with Crippen LogP contribution in [0.15, 0.2) is 61.1 Å². The number of anilines is 4. The van der Waals surface area contributed by atoms with Crippen LogP contribution in [0.25, 0.3) is 11.0 Å². The first kappa shape index (κ1) is 24.0. The zero-order chi connectivity index (χ0) is 25.3. The summed E-state index contributed by atoms with van der Waals surface area (Å²) in [5.74, 6) is 1.03. The molecular formula is C25H31N9OS. The minimum atomic E-state index is -2.93. The minimum Gasteiger partial charge on any atom is -0.369 e. The van der Waals surface area contributed by atoms with Crippen LogP contribution in [0.2, 0.25) is 0 Å². The Kier molecular flexibility index (Phi) is 6.50. The quantitative estimate of drug-likeness (QED) is 0.352. The minimum absolute atomic E-state index is 0.473. The number of hydrogen-bond acceptors (Lipinski definition) is 8. The summed E-state index contributed by atoms with van der Waals surface area (Å²) in [7, 11) is -1.30. The number of piperazine rings is 1. The van der Waals surface area contributed by atoms with Crippen molar-refractivity contribution in [3.63, 3.8) is 0 Å². The van der Waals surface area contributed by atoms with E-state index in [0.29, 0.717) is 24.4 Å². The molecule has 3 N–H and O–H groups in total. The van der Waals surface area contributed by atoms with E-state index in [1.54, 1.807) is 19.4 Å². The molecule has 36 heavy (non-hydrogen) atoms. The van der Waals surface area contributed by atoms with E-state index in [9.17, 15) is 4.21 Å². The van der Waals surface area contributed by atoms with Crippen LogP contribution in [-0.4, -0.2) is 62.7 Å². The molecule has 1 aliphatic heterocycles. The zero-order valence-corrected chi connectivity index (χ0v) is 21.5. The lowest BCUT2D eigenvalue weighted by Crippen LogP contribution is -2.49. The molecule has 0 aliphatic carbocycles. The summed E-state index contributed by atoms with van der Waals surface area (Å²) >= 11 is 0. The van der Waals surface area contributed by atoms with Gasteiger partial charge in [-0.1, -0.05) is 6.07 Å². The lowest BCUT2D eigenvalue weighted by atomic mass is 10.2. The third kappa shape index (κ3) is 5.12. The lowest BCUT2D eigenvalue weighted by molar-refractivity contribution is 0.485. The topological polar surface area (TPSA) is 115 Å². The average Bonchev–Trinajstić information content (AvgIpc) is 3.26. The second-order valence-corrected chi connectivity index (χ2v) is 11.3. The zero-order valence-electron chi connectivity index (χ0n) is 20.7. The molecule has 1 aliphatic rings. The summed E-state index contributed by atoms with van der Waals surface area (Å²) in [5, 5.41) is 7.71. The van der Waals surface area contributed by atoms with E-state index in [1.165, 1.54) is 16.2 Å². The Morgan fingerprint density at radius 2 is 2.03 bits per heavy atom. The number of nitrogens with one attached hydrogen (secondary N) is 3. The third-order valence-corrected chi connectivity index (χ3v) is 7.61. The molecule has 3 aromatic heterocycles. The van der Waals surface area contributed by atoms with Gasteiger partial charge in [-0.25, -0.2) is 19.0 Å². The number of rotatable bonds is 7. The van der Waals surface area contributed by atoms with Crippen molar-refractivity contribution < 1.29 is 4.21 Å². The first-order valence-corrected chi connectivity index (χ1v) is 13.8. The molecule has 188 valence electrons. The van der Waals surface area contributed by atoms with Crippen molar-refractivity contribution in [1.29, 1.82) is 4.78 Å². The number of benzene rings is 1. The lowest BCUT2D eigenvalue weighted by Gasteiger charge is -2.33. The van der Waals surface area contributed by atoms with Crippen molar-refractivity contribution in [2.45, 2.75) is 19.5 Å². The molecule has 0 bridgehead atoms.